The summed E-state index contributed by atoms with van der Waals surface area (Å²) < 4.78 is 24.6. The molecule has 1 aromatic rings. The minimum Gasteiger partial charge on any atom is -0.295 e. The number of aryl methyl sites for hydroxylation is 2. The molecule has 2 rings (SSSR count). The lowest BCUT2D eigenvalue weighted by atomic mass is 10.0. The molecule has 1 aliphatic rings. The van der Waals surface area contributed by atoms with Gasteiger partial charge in [-0.1, -0.05) is 0 Å². The first-order valence-corrected chi connectivity index (χ1v) is 8.77. The molecule has 0 aromatic carbocycles. The maximum Gasteiger partial charge on any atom is 0.148 e. The first kappa shape index (κ1) is 14.5. The van der Waals surface area contributed by atoms with Crippen LogP contribution in [0.15, 0.2) is 0 Å². The summed E-state index contributed by atoms with van der Waals surface area (Å²) in [7, 11) is -0.935. The van der Waals surface area contributed by atoms with Crippen molar-refractivity contribution in [3.63, 3.8) is 0 Å². The van der Waals surface area contributed by atoms with E-state index in [0.29, 0.717) is 12.6 Å². The highest BCUT2D eigenvalue weighted by atomic mass is 32.2. The van der Waals surface area contributed by atoms with Crippen LogP contribution in [0.2, 0.25) is 0 Å². The molecule has 1 unspecified atom stereocenters. The van der Waals surface area contributed by atoms with Gasteiger partial charge in [-0.3, -0.25) is 9.58 Å². The normalized spacial score (nSPS) is 21.2. The Hall–Kier alpha value is -0.880. The molecule has 5 nitrogen and oxygen atoms in total. The van der Waals surface area contributed by atoms with Crippen molar-refractivity contribution in [3.8, 4) is 0 Å². The third-order valence-electron chi connectivity index (χ3n) is 4.01. The van der Waals surface area contributed by atoms with E-state index in [4.69, 9.17) is 0 Å². The van der Waals surface area contributed by atoms with Crippen LogP contribution in [0, 0.1) is 13.8 Å². The van der Waals surface area contributed by atoms with Crippen LogP contribution in [0.4, 0.5) is 0 Å². The van der Waals surface area contributed by atoms with E-state index in [-0.39, 0.29) is 5.75 Å². The zero-order chi connectivity index (χ0) is 14.2. The largest absolute Gasteiger partial charge is 0.295 e. The Morgan fingerprint density at radius 1 is 1.37 bits per heavy atom. The van der Waals surface area contributed by atoms with Crippen molar-refractivity contribution in [3.05, 3.63) is 17.0 Å². The maximum absolute atomic E-state index is 11.3. The number of rotatable bonds is 4. The van der Waals surface area contributed by atoms with Crippen LogP contribution in [0.5, 0.6) is 0 Å². The molecule has 0 aliphatic carbocycles. The predicted molar refractivity (Wildman–Crippen MR) is 75.9 cm³/mol. The molecule has 1 atom stereocenters. The fraction of sp³-hybridized carbons (Fsp3) is 0.769. The minimum absolute atomic E-state index is 0.238. The van der Waals surface area contributed by atoms with Crippen LogP contribution in [0.25, 0.3) is 0 Å². The molecule has 1 fully saturated rings. The van der Waals surface area contributed by atoms with Gasteiger partial charge < -0.3 is 0 Å². The Labute approximate surface area is 115 Å². The number of likely N-dealkylation sites (tertiary alicyclic amines) is 1. The molecule has 0 amide bonds. The van der Waals surface area contributed by atoms with Crippen molar-refractivity contribution in [2.75, 3.05) is 25.1 Å². The lowest BCUT2D eigenvalue weighted by Gasteiger charge is -2.24. The van der Waals surface area contributed by atoms with E-state index in [9.17, 15) is 8.42 Å². The molecule has 0 bridgehead atoms. The summed E-state index contributed by atoms with van der Waals surface area (Å²) >= 11 is 0. The van der Waals surface area contributed by atoms with E-state index < -0.39 is 9.84 Å². The van der Waals surface area contributed by atoms with E-state index in [0.717, 1.165) is 25.1 Å². The predicted octanol–water partition coefficient (Wildman–Crippen LogP) is 1.22. The molecule has 6 heteroatoms. The van der Waals surface area contributed by atoms with Gasteiger partial charge in [-0.25, -0.2) is 8.42 Å². The molecule has 0 N–H and O–H groups in total. The smallest absolute Gasteiger partial charge is 0.148 e. The first-order valence-electron chi connectivity index (χ1n) is 6.71. The molecule has 1 aliphatic heterocycles. The fourth-order valence-electron chi connectivity index (χ4n) is 2.98. The van der Waals surface area contributed by atoms with Crippen molar-refractivity contribution in [2.24, 2.45) is 7.05 Å². The second-order valence-electron chi connectivity index (χ2n) is 5.53. The third-order valence-corrected chi connectivity index (χ3v) is 4.94. The Morgan fingerprint density at radius 2 is 2.05 bits per heavy atom. The molecule has 0 spiro atoms. The molecular weight excluding hydrogens is 262 g/mol. The average molecular weight is 285 g/mol. The van der Waals surface area contributed by atoms with Crippen LogP contribution in [-0.4, -0.2) is 48.2 Å². The molecular formula is C13H23N3O2S. The van der Waals surface area contributed by atoms with Gasteiger partial charge in [-0.15, -0.1) is 0 Å². The van der Waals surface area contributed by atoms with Gasteiger partial charge in [0, 0.05) is 37.1 Å². The lowest BCUT2D eigenvalue weighted by Crippen LogP contribution is -2.29. The molecule has 1 aromatic heterocycles. The monoisotopic (exact) mass is 285 g/mol. The van der Waals surface area contributed by atoms with Crippen molar-refractivity contribution in [1.29, 1.82) is 0 Å². The first-order chi connectivity index (χ1) is 8.79. The average Bonchev–Trinajstić information content (AvgIpc) is 2.82. The van der Waals surface area contributed by atoms with E-state index >= 15 is 0 Å². The Kier molecular flexibility index (Phi) is 4.01. The molecule has 19 heavy (non-hydrogen) atoms. The van der Waals surface area contributed by atoms with Crippen LogP contribution in [-0.2, 0) is 16.9 Å². The Morgan fingerprint density at radius 3 is 2.58 bits per heavy atom. The summed E-state index contributed by atoms with van der Waals surface area (Å²) in [6.07, 6.45) is 3.53. The summed E-state index contributed by atoms with van der Waals surface area (Å²) in [5.41, 5.74) is 3.54. The number of sulfone groups is 1. The highest BCUT2D eigenvalue weighted by molar-refractivity contribution is 7.90. The summed E-state index contributed by atoms with van der Waals surface area (Å²) in [6.45, 7) is 5.73. The van der Waals surface area contributed by atoms with Gasteiger partial charge >= 0.3 is 0 Å². The number of hydrogen-bond acceptors (Lipinski definition) is 4. The van der Waals surface area contributed by atoms with Gasteiger partial charge in [-0.05, 0) is 33.2 Å². The van der Waals surface area contributed by atoms with Gasteiger partial charge in [0.15, 0.2) is 0 Å². The van der Waals surface area contributed by atoms with Crippen molar-refractivity contribution < 1.29 is 8.42 Å². The zero-order valence-corrected chi connectivity index (χ0v) is 13.0. The van der Waals surface area contributed by atoms with Crippen molar-refractivity contribution in [2.45, 2.75) is 32.7 Å². The summed E-state index contributed by atoms with van der Waals surface area (Å²) in [5.74, 6) is 0.238. The quantitative estimate of drug-likeness (QED) is 0.834. The van der Waals surface area contributed by atoms with Gasteiger partial charge in [0.1, 0.15) is 9.84 Å². The van der Waals surface area contributed by atoms with E-state index in [1.54, 1.807) is 0 Å². The molecule has 1 saturated heterocycles. The molecule has 2 heterocycles. The van der Waals surface area contributed by atoms with Crippen LogP contribution >= 0.6 is 0 Å². The van der Waals surface area contributed by atoms with Crippen LogP contribution in [0.3, 0.4) is 0 Å². The molecule has 108 valence electrons. The molecule has 0 radical (unpaired) electrons. The van der Waals surface area contributed by atoms with Crippen molar-refractivity contribution in [1.82, 2.24) is 14.7 Å². The number of aromatic nitrogens is 2. The Bertz CT molecular complexity index is 563. The second-order valence-corrected chi connectivity index (χ2v) is 7.79. The number of nitrogens with zero attached hydrogens (tertiary/aromatic N) is 3. The number of hydrogen-bond donors (Lipinski definition) is 0. The van der Waals surface area contributed by atoms with E-state index in [2.05, 4.69) is 16.9 Å². The van der Waals surface area contributed by atoms with Crippen LogP contribution in [0.1, 0.15) is 35.8 Å². The van der Waals surface area contributed by atoms with Gasteiger partial charge in [0.2, 0.25) is 0 Å². The fourth-order valence-corrected chi connectivity index (χ4v) is 3.54. The maximum atomic E-state index is 11.3. The highest BCUT2D eigenvalue weighted by Crippen LogP contribution is 2.35. The lowest BCUT2D eigenvalue weighted by molar-refractivity contribution is 0.271. The van der Waals surface area contributed by atoms with Gasteiger partial charge in [0.05, 0.1) is 11.4 Å². The zero-order valence-electron chi connectivity index (χ0n) is 12.2. The highest BCUT2D eigenvalue weighted by Gasteiger charge is 2.30. The topological polar surface area (TPSA) is 55.2 Å². The van der Waals surface area contributed by atoms with E-state index in [1.807, 2.05) is 18.7 Å². The summed E-state index contributed by atoms with van der Waals surface area (Å²) in [5, 5.41) is 4.47. The standard InChI is InChI=1S/C13H23N3O2S/c1-10-13(11(2)15(3)14-10)12-6-5-7-16(12)8-9-19(4,17)18/h12H,5-9H2,1-4H3. The summed E-state index contributed by atoms with van der Waals surface area (Å²) in [4.78, 5) is 2.29. The van der Waals surface area contributed by atoms with E-state index in [1.165, 1.54) is 17.5 Å². The second kappa shape index (κ2) is 5.25. The SMILES string of the molecule is Cc1nn(C)c(C)c1C1CCCN1CCS(C)(=O)=O. The third kappa shape index (κ3) is 3.17. The van der Waals surface area contributed by atoms with Gasteiger partial charge in [0.25, 0.3) is 0 Å². The summed E-state index contributed by atoms with van der Waals surface area (Å²) in [6, 6.07) is 0.329. The van der Waals surface area contributed by atoms with Crippen LogP contribution < -0.4 is 0 Å². The molecule has 0 saturated carbocycles. The Balaban J connectivity index is 2.19. The van der Waals surface area contributed by atoms with Gasteiger partial charge in [-0.2, -0.15) is 5.10 Å². The minimum atomic E-state index is -2.89. The van der Waals surface area contributed by atoms with Crippen molar-refractivity contribution >= 4 is 9.84 Å².